The van der Waals surface area contributed by atoms with Gasteiger partial charge in [0, 0.05) is 39.0 Å². The van der Waals surface area contributed by atoms with Crippen LogP contribution in [0, 0.1) is 5.41 Å². The third-order valence-electron chi connectivity index (χ3n) is 4.24. The molecule has 1 aliphatic rings. The highest BCUT2D eigenvalue weighted by molar-refractivity contribution is 5.85. The van der Waals surface area contributed by atoms with E-state index in [0.717, 1.165) is 31.5 Å². The Bertz CT molecular complexity index is 470. The Morgan fingerprint density at radius 2 is 2.09 bits per heavy atom. The molecule has 1 aliphatic heterocycles. The molecule has 1 saturated heterocycles. The van der Waals surface area contributed by atoms with Gasteiger partial charge in [-0.15, -0.1) is 24.8 Å². The molecular weight excluding hydrogens is 339 g/mol. The maximum Gasteiger partial charge on any atom is 0.231 e. The predicted molar refractivity (Wildman–Crippen MR) is 95.2 cm³/mol. The Hall–Kier alpha value is -0.820. The summed E-state index contributed by atoms with van der Waals surface area (Å²) in [5.74, 6) is 0.206. The fourth-order valence-electron chi connectivity index (χ4n) is 3.04. The summed E-state index contributed by atoms with van der Waals surface area (Å²) < 4.78 is 7.13. The molecule has 0 aliphatic carbocycles. The molecule has 0 saturated carbocycles. The molecule has 8 heteroatoms. The molecule has 1 N–H and O–H groups in total. The van der Waals surface area contributed by atoms with Gasteiger partial charge in [0.2, 0.25) is 5.91 Å². The molecule has 0 radical (unpaired) electrons. The molecule has 2 heterocycles. The van der Waals surface area contributed by atoms with E-state index >= 15 is 0 Å². The van der Waals surface area contributed by atoms with Crippen LogP contribution in [0.1, 0.15) is 25.3 Å². The van der Waals surface area contributed by atoms with Crippen molar-refractivity contribution < 1.29 is 9.53 Å². The van der Waals surface area contributed by atoms with Gasteiger partial charge in [0.25, 0.3) is 0 Å². The van der Waals surface area contributed by atoms with Crippen LogP contribution in [0.3, 0.4) is 0 Å². The first-order chi connectivity index (χ1) is 10.1. The number of aromatic nitrogens is 2. The summed E-state index contributed by atoms with van der Waals surface area (Å²) in [6.45, 7) is 5.58. The molecule has 6 nitrogen and oxygen atoms in total. The van der Waals surface area contributed by atoms with Gasteiger partial charge in [-0.05, 0) is 32.9 Å². The number of aryl methyl sites for hydroxylation is 1. The van der Waals surface area contributed by atoms with E-state index in [1.165, 1.54) is 0 Å². The van der Waals surface area contributed by atoms with Crippen LogP contribution < -0.4 is 5.32 Å². The first-order valence-electron chi connectivity index (χ1n) is 7.58. The topological polar surface area (TPSA) is 59.4 Å². The molecule has 0 bridgehead atoms. The van der Waals surface area contributed by atoms with Crippen LogP contribution in [0.15, 0.2) is 12.4 Å². The number of rotatable bonds is 6. The van der Waals surface area contributed by atoms with Crippen LogP contribution in [0.25, 0.3) is 0 Å². The van der Waals surface area contributed by atoms with E-state index in [2.05, 4.69) is 10.4 Å². The average molecular weight is 367 g/mol. The van der Waals surface area contributed by atoms with Crippen molar-refractivity contribution in [1.82, 2.24) is 20.0 Å². The lowest BCUT2D eigenvalue weighted by Crippen LogP contribution is -2.51. The standard InChI is InChI=1S/C15H26N4O2.2ClH/c1-4-19(11-13-9-17-18(2)10-13)14(20)15(12-21-3)5-7-16-8-6-15;;/h9-10,16H,4-8,11-12H2,1-3H3;2*1H. The lowest BCUT2D eigenvalue weighted by molar-refractivity contribution is -0.148. The summed E-state index contributed by atoms with van der Waals surface area (Å²) in [5, 5.41) is 7.50. The normalized spacial score (nSPS) is 16.1. The number of piperidine rings is 1. The van der Waals surface area contributed by atoms with Gasteiger partial charge < -0.3 is 15.0 Å². The van der Waals surface area contributed by atoms with E-state index in [-0.39, 0.29) is 36.1 Å². The highest BCUT2D eigenvalue weighted by Gasteiger charge is 2.41. The van der Waals surface area contributed by atoms with Crippen molar-refractivity contribution >= 4 is 30.7 Å². The molecule has 1 fully saturated rings. The molecule has 2 rings (SSSR count). The summed E-state index contributed by atoms with van der Waals surface area (Å²) in [5.41, 5.74) is 0.687. The van der Waals surface area contributed by atoms with Gasteiger partial charge in [-0.3, -0.25) is 9.48 Å². The monoisotopic (exact) mass is 366 g/mol. The number of halogens is 2. The largest absolute Gasteiger partial charge is 0.384 e. The van der Waals surface area contributed by atoms with Crippen molar-refractivity contribution in [3.8, 4) is 0 Å². The van der Waals surface area contributed by atoms with Crippen molar-refractivity contribution in [2.45, 2.75) is 26.3 Å². The van der Waals surface area contributed by atoms with Crippen LogP contribution in [0.2, 0.25) is 0 Å². The molecule has 0 spiro atoms. The number of ether oxygens (including phenoxy) is 1. The molecule has 1 aromatic rings. The Labute approximate surface area is 150 Å². The van der Waals surface area contributed by atoms with Crippen LogP contribution in [0.5, 0.6) is 0 Å². The fourth-order valence-corrected chi connectivity index (χ4v) is 3.04. The average Bonchev–Trinajstić information content (AvgIpc) is 2.90. The van der Waals surface area contributed by atoms with E-state index < -0.39 is 0 Å². The van der Waals surface area contributed by atoms with E-state index in [9.17, 15) is 4.79 Å². The van der Waals surface area contributed by atoms with Gasteiger partial charge in [-0.2, -0.15) is 5.10 Å². The predicted octanol–water partition coefficient (Wildman–Crippen LogP) is 1.63. The second kappa shape index (κ2) is 10.1. The lowest BCUT2D eigenvalue weighted by atomic mass is 9.78. The molecule has 23 heavy (non-hydrogen) atoms. The quantitative estimate of drug-likeness (QED) is 0.830. The zero-order chi connectivity index (χ0) is 15.3. The van der Waals surface area contributed by atoms with Gasteiger partial charge >= 0.3 is 0 Å². The number of carbonyl (C=O) groups excluding carboxylic acids is 1. The minimum absolute atomic E-state index is 0. The van der Waals surface area contributed by atoms with Crippen LogP contribution in [0.4, 0.5) is 0 Å². The van der Waals surface area contributed by atoms with E-state index in [1.807, 2.05) is 31.3 Å². The minimum atomic E-state index is -0.377. The maximum absolute atomic E-state index is 13.0. The zero-order valence-corrected chi connectivity index (χ0v) is 15.7. The number of hydrogen-bond donors (Lipinski definition) is 1. The van der Waals surface area contributed by atoms with E-state index in [0.29, 0.717) is 19.7 Å². The number of amides is 1. The van der Waals surface area contributed by atoms with Gasteiger partial charge in [0.1, 0.15) is 0 Å². The smallest absolute Gasteiger partial charge is 0.231 e. The Kier molecular flexibility index (Phi) is 9.77. The molecule has 0 aromatic carbocycles. The number of nitrogens with one attached hydrogen (secondary N) is 1. The van der Waals surface area contributed by atoms with E-state index in [1.54, 1.807) is 11.8 Å². The van der Waals surface area contributed by atoms with E-state index in [4.69, 9.17) is 4.74 Å². The maximum atomic E-state index is 13.0. The van der Waals surface area contributed by atoms with Crippen molar-refractivity contribution in [3.63, 3.8) is 0 Å². The number of nitrogens with zero attached hydrogens (tertiary/aromatic N) is 3. The van der Waals surface area contributed by atoms with Crippen molar-refractivity contribution in [2.75, 3.05) is 33.4 Å². The Balaban J connectivity index is 0.00000242. The number of hydrogen-bond acceptors (Lipinski definition) is 4. The highest BCUT2D eigenvalue weighted by Crippen LogP contribution is 2.32. The second-order valence-electron chi connectivity index (χ2n) is 5.80. The molecular formula is C15H28Cl2N4O2. The Morgan fingerprint density at radius 1 is 1.43 bits per heavy atom. The van der Waals surface area contributed by atoms with Crippen LogP contribution >= 0.6 is 24.8 Å². The molecule has 1 aromatic heterocycles. The van der Waals surface area contributed by atoms with Gasteiger partial charge in [-0.1, -0.05) is 0 Å². The molecule has 1 amide bonds. The van der Waals surface area contributed by atoms with Gasteiger partial charge in [0.15, 0.2) is 0 Å². The summed E-state index contributed by atoms with van der Waals surface area (Å²) in [4.78, 5) is 15.0. The van der Waals surface area contributed by atoms with Gasteiger partial charge in [-0.25, -0.2) is 0 Å². The summed E-state index contributed by atoms with van der Waals surface area (Å²) in [6.07, 6.45) is 5.45. The van der Waals surface area contributed by atoms with Crippen LogP contribution in [-0.2, 0) is 23.1 Å². The van der Waals surface area contributed by atoms with Crippen molar-refractivity contribution in [2.24, 2.45) is 12.5 Å². The Morgan fingerprint density at radius 3 is 2.57 bits per heavy atom. The summed E-state index contributed by atoms with van der Waals surface area (Å²) in [6, 6.07) is 0. The first-order valence-corrected chi connectivity index (χ1v) is 7.58. The van der Waals surface area contributed by atoms with Crippen LogP contribution in [-0.4, -0.2) is 53.9 Å². The molecule has 134 valence electrons. The highest BCUT2D eigenvalue weighted by atomic mass is 35.5. The summed E-state index contributed by atoms with van der Waals surface area (Å²) in [7, 11) is 3.56. The SMILES string of the molecule is CCN(Cc1cnn(C)c1)C(=O)C1(COC)CCNCC1.Cl.Cl. The zero-order valence-electron chi connectivity index (χ0n) is 14.1. The minimum Gasteiger partial charge on any atom is -0.384 e. The fraction of sp³-hybridized carbons (Fsp3) is 0.733. The first kappa shape index (κ1) is 22.2. The third-order valence-corrected chi connectivity index (χ3v) is 4.24. The second-order valence-corrected chi connectivity index (χ2v) is 5.80. The molecule has 0 atom stereocenters. The number of carbonyl (C=O) groups is 1. The lowest BCUT2D eigenvalue weighted by Gasteiger charge is -2.39. The molecule has 0 unspecified atom stereocenters. The van der Waals surface area contributed by atoms with Crippen molar-refractivity contribution in [3.05, 3.63) is 18.0 Å². The summed E-state index contributed by atoms with van der Waals surface area (Å²) >= 11 is 0. The third kappa shape index (κ3) is 5.35. The number of methoxy groups -OCH3 is 1. The van der Waals surface area contributed by atoms with Crippen molar-refractivity contribution in [1.29, 1.82) is 0 Å². The van der Waals surface area contributed by atoms with Gasteiger partial charge in [0.05, 0.1) is 18.2 Å².